The van der Waals surface area contributed by atoms with E-state index in [9.17, 15) is 0 Å². The topological polar surface area (TPSA) is 24.8 Å². The fraction of sp³-hybridized carbons (Fsp3) is 0.345. The molecule has 3 heteroatoms. The molecule has 1 heterocycles. The van der Waals surface area contributed by atoms with Gasteiger partial charge >= 0.3 is 0 Å². The third-order valence-electron chi connectivity index (χ3n) is 6.51. The standard InChI is InChI=1S/C29H34N2O/c1-6-16-31-27-18-28(32-5)24(17-26(27)21(2)19-29(31,3)4)20-30-25-14-12-23(13-15-25)22-10-8-7-9-11-22/h7-15,17-18,20-21H,6,16,19H2,1-5H3. The van der Waals surface area contributed by atoms with E-state index in [0.29, 0.717) is 5.92 Å². The summed E-state index contributed by atoms with van der Waals surface area (Å²) in [6, 6.07) is 23.3. The van der Waals surface area contributed by atoms with E-state index in [2.05, 4.69) is 93.3 Å². The summed E-state index contributed by atoms with van der Waals surface area (Å²) in [5, 5.41) is 0. The van der Waals surface area contributed by atoms with Crippen LogP contribution in [0.1, 0.15) is 57.6 Å². The third kappa shape index (κ3) is 4.43. The van der Waals surface area contributed by atoms with E-state index in [1.807, 2.05) is 12.3 Å². The monoisotopic (exact) mass is 426 g/mol. The minimum absolute atomic E-state index is 0.142. The summed E-state index contributed by atoms with van der Waals surface area (Å²) in [5.74, 6) is 1.37. The van der Waals surface area contributed by atoms with E-state index in [0.717, 1.165) is 36.4 Å². The first-order valence-electron chi connectivity index (χ1n) is 11.6. The second-order valence-electron chi connectivity index (χ2n) is 9.39. The van der Waals surface area contributed by atoms with E-state index in [1.54, 1.807) is 7.11 Å². The zero-order valence-electron chi connectivity index (χ0n) is 19.9. The Morgan fingerprint density at radius 3 is 2.38 bits per heavy atom. The van der Waals surface area contributed by atoms with Gasteiger partial charge in [-0.1, -0.05) is 56.3 Å². The molecule has 0 saturated carbocycles. The highest BCUT2D eigenvalue weighted by Gasteiger charge is 2.36. The number of nitrogens with zero attached hydrogens (tertiary/aromatic N) is 2. The van der Waals surface area contributed by atoms with Crippen LogP contribution in [0, 0.1) is 0 Å². The number of aliphatic imine (C=N–C) groups is 1. The van der Waals surface area contributed by atoms with Crippen molar-refractivity contribution in [2.24, 2.45) is 4.99 Å². The number of ether oxygens (including phenoxy) is 1. The maximum absolute atomic E-state index is 5.79. The van der Waals surface area contributed by atoms with Crippen molar-refractivity contribution in [2.45, 2.75) is 52.0 Å². The predicted molar refractivity (Wildman–Crippen MR) is 137 cm³/mol. The molecule has 0 bridgehead atoms. The Labute approximate surface area is 192 Å². The van der Waals surface area contributed by atoms with Crippen molar-refractivity contribution in [1.82, 2.24) is 0 Å². The van der Waals surface area contributed by atoms with Gasteiger partial charge in [0.1, 0.15) is 5.75 Å². The van der Waals surface area contributed by atoms with Crippen molar-refractivity contribution in [3.63, 3.8) is 0 Å². The Kier molecular flexibility index (Phi) is 6.36. The number of anilines is 1. The Bertz CT molecular complexity index is 1080. The summed E-state index contributed by atoms with van der Waals surface area (Å²) in [6.07, 6.45) is 4.21. The highest BCUT2D eigenvalue weighted by Crippen LogP contribution is 2.45. The van der Waals surface area contributed by atoms with Gasteiger partial charge in [-0.15, -0.1) is 0 Å². The first-order valence-corrected chi connectivity index (χ1v) is 11.6. The van der Waals surface area contributed by atoms with Crippen LogP contribution >= 0.6 is 0 Å². The van der Waals surface area contributed by atoms with Gasteiger partial charge in [0.2, 0.25) is 0 Å². The second kappa shape index (κ2) is 9.20. The number of fused-ring (bicyclic) bond motifs is 1. The summed E-state index contributed by atoms with van der Waals surface area (Å²) in [5.41, 5.74) is 7.21. The first kappa shape index (κ1) is 22.1. The van der Waals surface area contributed by atoms with E-state index < -0.39 is 0 Å². The predicted octanol–water partition coefficient (Wildman–Crippen LogP) is 7.62. The van der Waals surface area contributed by atoms with Gasteiger partial charge < -0.3 is 9.64 Å². The Morgan fingerprint density at radius 1 is 1.03 bits per heavy atom. The third-order valence-corrected chi connectivity index (χ3v) is 6.51. The Hall–Kier alpha value is -3.07. The van der Waals surface area contributed by atoms with E-state index in [-0.39, 0.29) is 5.54 Å². The maximum atomic E-state index is 5.79. The van der Waals surface area contributed by atoms with Crippen LogP contribution in [-0.4, -0.2) is 25.4 Å². The first-order chi connectivity index (χ1) is 15.4. The second-order valence-corrected chi connectivity index (χ2v) is 9.39. The van der Waals surface area contributed by atoms with Crippen molar-refractivity contribution in [3.8, 4) is 16.9 Å². The van der Waals surface area contributed by atoms with E-state index in [4.69, 9.17) is 9.73 Å². The van der Waals surface area contributed by atoms with E-state index >= 15 is 0 Å². The number of methoxy groups -OCH3 is 1. The normalized spacial score (nSPS) is 17.4. The van der Waals surface area contributed by atoms with Crippen LogP contribution in [0.15, 0.2) is 71.7 Å². The van der Waals surface area contributed by atoms with Crippen LogP contribution in [0.3, 0.4) is 0 Å². The van der Waals surface area contributed by atoms with Gasteiger partial charge in [-0.3, -0.25) is 4.99 Å². The van der Waals surface area contributed by atoms with Gasteiger partial charge in [-0.2, -0.15) is 0 Å². The van der Waals surface area contributed by atoms with Crippen LogP contribution < -0.4 is 9.64 Å². The Balaban J connectivity index is 1.64. The molecule has 0 amide bonds. The molecule has 0 aromatic heterocycles. The molecule has 0 saturated heterocycles. The molecule has 3 nitrogen and oxygen atoms in total. The molecule has 0 fully saturated rings. The van der Waals surface area contributed by atoms with Crippen LogP contribution in [0.4, 0.5) is 11.4 Å². The summed E-state index contributed by atoms with van der Waals surface area (Å²) >= 11 is 0. The fourth-order valence-electron chi connectivity index (χ4n) is 4.97. The van der Waals surface area contributed by atoms with Crippen molar-refractivity contribution in [2.75, 3.05) is 18.6 Å². The molecule has 4 rings (SSSR count). The largest absolute Gasteiger partial charge is 0.496 e. The summed E-state index contributed by atoms with van der Waals surface area (Å²) in [4.78, 5) is 7.31. The lowest BCUT2D eigenvalue weighted by molar-refractivity contribution is 0.372. The van der Waals surface area contributed by atoms with Gasteiger partial charge in [-0.05, 0) is 67.5 Å². The van der Waals surface area contributed by atoms with Crippen LogP contribution in [-0.2, 0) is 0 Å². The molecule has 1 atom stereocenters. The molecule has 0 radical (unpaired) electrons. The maximum Gasteiger partial charge on any atom is 0.129 e. The summed E-state index contributed by atoms with van der Waals surface area (Å²) in [7, 11) is 1.75. The Morgan fingerprint density at radius 2 is 1.72 bits per heavy atom. The summed E-state index contributed by atoms with van der Waals surface area (Å²) in [6.45, 7) is 10.3. The average Bonchev–Trinajstić information content (AvgIpc) is 2.80. The van der Waals surface area contributed by atoms with Gasteiger partial charge in [0, 0.05) is 35.6 Å². The van der Waals surface area contributed by atoms with E-state index in [1.165, 1.54) is 22.4 Å². The molecular weight excluding hydrogens is 392 g/mol. The lowest BCUT2D eigenvalue weighted by Gasteiger charge is -2.47. The number of hydrogen-bond acceptors (Lipinski definition) is 3. The highest BCUT2D eigenvalue weighted by atomic mass is 16.5. The van der Waals surface area contributed by atoms with Crippen LogP contribution in [0.5, 0.6) is 5.75 Å². The molecule has 0 aliphatic carbocycles. The zero-order chi connectivity index (χ0) is 22.7. The minimum Gasteiger partial charge on any atom is -0.496 e. The number of rotatable bonds is 6. The van der Waals surface area contributed by atoms with Gasteiger partial charge in [0.25, 0.3) is 0 Å². The molecule has 1 aliphatic heterocycles. The lowest BCUT2D eigenvalue weighted by Crippen LogP contribution is -2.48. The van der Waals surface area contributed by atoms with Crippen molar-refractivity contribution >= 4 is 17.6 Å². The molecule has 1 aliphatic rings. The number of hydrogen-bond donors (Lipinski definition) is 0. The quantitative estimate of drug-likeness (QED) is 0.379. The van der Waals surface area contributed by atoms with Crippen molar-refractivity contribution in [3.05, 3.63) is 77.9 Å². The lowest BCUT2D eigenvalue weighted by atomic mass is 9.79. The molecule has 3 aromatic rings. The zero-order valence-corrected chi connectivity index (χ0v) is 19.9. The van der Waals surface area contributed by atoms with Crippen molar-refractivity contribution < 1.29 is 4.74 Å². The fourth-order valence-corrected chi connectivity index (χ4v) is 4.97. The molecule has 0 N–H and O–H groups in total. The van der Waals surface area contributed by atoms with Crippen molar-refractivity contribution in [1.29, 1.82) is 0 Å². The van der Waals surface area contributed by atoms with Gasteiger partial charge in [0.15, 0.2) is 0 Å². The smallest absolute Gasteiger partial charge is 0.129 e. The molecule has 32 heavy (non-hydrogen) atoms. The van der Waals surface area contributed by atoms with Gasteiger partial charge in [0.05, 0.1) is 12.8 Å². The minimum atomic E-state index is 0.142. The summed E-state index contributed by atoms with van der Waals surface area (Å²) < 4.78 is 5.79. The SMILES string of the molecule is CCCN1c2cc(OC)c(C=Nc3ccc(-c4ccccc4)cc3)cc2C(C)CC1(C)C. The van der Waals surface area contributed by atoms with Gasteiger partial charge in [-0.25, -0.2) is 0 Å². The molecule has 166 valence electrons. The molecule has 0 spiro atoms. The molecular formula is C29H34N2O. The number of benzene rings is 3. The van der Waals surface area contributed by atoms with Crippen LogP contribution in [0.25, 0.3) is 11.1 Å². The molecule has 1 unspecified atom stereocenters. The van der Waals surface area contributed by atoms with Crippen LogP contribution in [0.2, 0.25) is 0 Å². The highest BCUT2D eigenvalue weighted by molar-refractivity contribution is 5.88. The molecule has 3 aromatic carbocycles. The average molecular weight is 427 g/mol.